The van der Waals surface area contributed by atoms with Gasteiger partial charge in [-0.1, -0.05) is 43.7 Å². The second kappa shape index (κ2) is 6.66. The average molecular weight is 217 g/mol. The number of thioether (sulfide) groups is 1. The topological polar surface area (TPSA) is 3.24 Å². The maximum absolute atomic E-state index is 5.35. The summed E-state index contributed by atoms with van der Waals surface area (Å²) >= 11 is 7.22. The molecule has 0 aromatic heterocycles. The minimum atomic E-state index is 1.13. The fraction of sp³-hybridized carbons (Fsp3) is 0.900. The predicted molar refractivity (Wildman–Crippen MR) is 65.4 cm³/mol. The molecule has 0 aromatic carbocycles. The molecule has 0 spiro atoms. The zero-order chi connectivity index (χ0) is 9.52. The first-order valence-electron chi connectivity index (χ1n) is 5.26. The van der Waals surface area contributed by atoms with E-state index in [4.69, 9.17) is 12.2 Å². The van der Waals surface area contributed by atoms with Crippen LogP contribution in [0.4, 0.5) is 0 Å². The maximum Gasteiger partial charge on any atom is 0.136 e. The van der Waals surface area contributed by atoms with Crippen molar-refractivity contribution in [3.05, 3.63) is 0 Å². The Morgan fingerprint density at radius 1 is 1.31 bits per heavy atom. The molecule has 1 rings (SSSR count). The van der Waals surface area contributed by atoms with Crippen LogP contribution in [0.1, 0.15) is 39.0 Å². The highest BCUT2D eigenvalue weighted by Crippen LogP contribution is 2.17. The summed E-state index contributed by atoms with van der Waals surface area (Å²) in [5.41, 5.74) is 0. The van der Waals surface area contributed by atoms with Crippen molar-refractivity contribution in [2.24, 2.45) is 0 Å². The van der Waals surface area contributed by atoms with Crippen LogP contribution in [0.3, 0.4) is 0 Å². The van der Waals surface area contributed by atoms with Gasteiger partial charge in [0.15, 0.2) is 0 Å². The second-order valence-electron chi connectivity index (χ2n) is 3.52. The Hall–Kier alpha value is 0.240. The molecule has 13 heavy (non-hydrogen) atoms. The Morgan fingerprint density at radius 2 is 2.00 bits per heavy atom. The van der Waals surface area contributed by atoms with E-state index in [1.165, 1.54) is 50.9 Å². The first-order valence-corrected chi connectivity index (χ1v) is 6.65. The van der Waals surface area contributed by atoms with E-state index in [1.54, 1.807) is 0 Å². The summed E-state index contributed by atoms with van der Waals surface area (Å²) in [5, 5.41) is 0. The van der Waals surface area contributed by atoms with Crippen LogP contribution in [0, 0.1) is 0 Å². The van der Waals surface area contributed by atoms with Crippen LogP contribution in [0.5, 0.6) is 0 Å². The van der Waals surface area contributed by atoms with E-state index >= 15 is 0 Å². The average Bonchev–Trinajstić information content (AvgIpc) is 2.65. The van der Waals surface area contributed by atoms with E-state index in [0.717, 1.165) is 4.32 Å². The molecule has 1 fully saturated rings. The van der Waals surface area contributed by atoms with Gasteiger partial charge in [-0.05, 0) is 19.3 Å². The molecule has 1 saturated heterocycles. The molecule has 0 amide bonds. The van der Waals surface area contributed by atoms with Crippen LogP contribution >= 0.6 is 24.0 Å². The molecule has 0 aromatic rings. The van der Waals surface area contributed by atoms with Gasteiger partial charge < -0.3 is 4.90 Å². The molecule has 1 nitrogen and oxygen atoms in total. The molecule has 0 radical (unpaired) electrons. The van der Waals surface area contributed by atoms with E-state index in [0.29, 0.717) is 0 Å². The summed E-state index contributed by atoms with van der Waals surface area (Å²) in [4.78, 5) is 2.35. The Balaban J connectivity index is 2.03. The van der Waals surface area contributed by atoms with E-state index in [9.17, 15) is 0 Å². The minimum Gasteiger partial charge on any atom is -0.358 e. The van der Waals surface area contributed by atoms with E-state index in [1.807, 2.05) is 11.8 Å². The highest BCUT2D eigenvalue weighted by Gasteiger charge is 2.14. The predicted octanol–water partition coefficient (Wildman–Crippen LogP) is 3.29. The van der Waals surface area contributed by atoms with Gasteiger partial charge in [-0.3, -0.25) is 0 Å². The van der Waals surface area contributed by atoms with Gasteiger partial charge in [-0.25, -0.2) is 0 Å². The van der Waals surface area contributed by atoms with Crippen LogP contribution in [-0.2, 0) is 0 Å². The molecule has 1 heterocycles. The zero-order valence-electron chi connectivity index (χ0n) is 8.42. The lowest BCUT2D eigenvalue weighted by atomic mass is 10.3. The molecule has 0 unspecified atom stereocenters. The molecule has 76 valence electrons. The van der Waals surface area contributed by atoms with Crippen molar-refractivity contribution in [1.82, 2.24) is 4.90 Å². The van der Waals surface area contributed by atoms with Crippen LogP contribution in [0.2, 0.25) is 0 Å². The maximum atomic E-state index is 5.35. The van der Waals surface area contributed by atoms with Gasteiger partial charge in [0, 0.05) is 18.8 Å². The van der Waals surface area contributed by atoms with Crippen molar-refractivity contribution < 1.29 is 0 Å². The van der Waals surface area contributed by atoms with Crippen LogP contribution < -0.4 is 0 Å². The fourth-order valence-corrected chi connectivity index (χ4v) is 2.82. The number of likely N-dealkylation sites (tertiary alicyclic amines) is 1. The largest absolute Gasteiger partial charge is 0.358 e. The van der Waals surface area contributed by atoms with Gasteiger partial charge in [0.1, 0.15) is 4.32 Å². The standard InChI is InChI=1S/C10H19NS2/c1-2-3-6-9-13-10(12)11-7-4-5-8-11/h2-9H2,1H3. The number of hydrogen-bond donors (Lipinski definition) is 0. The van der Waals surface area contributed by atoms with Gasteiger partial charge in [0.2, 0.25) is 0 Å². The summed E-state index contributed by atoms with van der Waals surface area (Å²) < 4.78 is 1.13. The normalized spacial score (nSPS) is 16.5. The molecule has 1 aliphatic rings. The number of unbranched alkanes of at least 4 members (excludes halogenated alkanes) is 2. The Bertz CT molecular complexity index is 153. The van der Waals surface area contributed by atoms with Gasteiger partial charge >= 0.3 is 0 Å². The summed E-state index contributed by atoms with van der Waals surface area (Å²) in [5.74, 6) is 1.21. The zero-order valence-corrected chi connectivity index (χ0v) is 10.1. The third kappa shape index (κ3) is 4.32. The quantitative estimate of drug-likeness (QED) is 0.525. The van der Waals surface area contributed by atoms with Crippen molar-refractivity contribution in [3.63, 3.8) is 0 Å². The lowest BCUT2D eigenvalue weighted by molar-refractivity contribution is 0.539. The molecule has 0 N–H and O–H groups in total. The molecule has 0 saturated carbocycles. The summed E-state index contributed by atoms with van der Waals surface area (Å²) in [6.07, 6.45) is 6.62. The SMILES string of the molecule is CCCCCSC(=S)N1CCCC1. The Labute approximate surface area is 91.3 Å². The van der Waals surface area contributed by atoms with Crippen molar-refractivity contribution >= 4 is 28.3 Å². The second-order valence-corrected chi connectivity index (χ2v) is 5.24. The van der Waals surface area contributed by atoms with Crippen molar-refractivity contribution in [1.29, 1.82) is 0 Å². The third-order valence-electron chi connectivity index (χ3n) is 2.34. The van der Waals surface area contributed by atoms with Gasteiger partial charge in [-0.2, -0.15) is 0 Å². The minimum absolute atomic E-state index is 1.13. The highest BCUT2D eigenvalue weighted by molar-refractivity contribution is 8.22. The lowest BCUT2D eigenvalue weighted by Crippen LogP contribution is -2.23. The first kappa shape index (κ1) is 11.3. The van der Waals surface area contributed by atoms with Gasteiger partial charge in [-0.15, -0.1) is 0 Å². The first-order chi connectivity index (χ1) is 6.34. The molecule has 0 atom stereocenters. The van der Waals surface area contributed by atoms with E-state index in [-0.39, 0.29) is 0 Å². The Morgan fingerprint density at radius 3 is 2.62 bits per heavy atom. The van der Waals surface area contributed by atoms with Gasteiger partial charge in [0.05, 0.1) is 0 Å². The van der Waals surface area contributed by atoms with E-state index in [2.05, 4.69) is 11.8 Å². The fourth-order valence-electron chi connectivity index (χ4n) is 1.50. The number of hydrogen-bond acceptors (Lipinski definition) is 2. The smallest absolute Gasteiger partial charge is 0.136 e. The van der Waals surface area contributed by atoms with Gasteiger partial charge in [0.25, 0.3) is 0 Å². The summed E-state index contributed by atoms with van der Waals surface area (Å²) in [6, 6.07) is 0. The molecular weight excluding hydrogens is 198 g/mol. The number of thiocarbonyl (C=S) groups is 1. The summed E-state index contributed by atoms with van der Waals surface area (Å²) in [6.45, 7) is 4.63. The molecular formula is C10H19NS2. The lowest BCUT2D eigenvalue weighted by Gasteiger charge is -2.17. The molecule has 0 aliphatic carbocycles. The van der Waals surface area contributed by atoms with Crippen LogP contribution in [0.25, 0.3) is 0 Å². The molecule has 0 bridgehead atoms. The number of nitrogens with zero attached hydrogens (tertiary/aromatic N) is 1. The molecule has 3 heteroatoms. The highest BCUT2D eigenvalue weighted by atomic mass is 32.2. The molecule has 1 aliphatic heterocycles. The van der Waals surface area contributed by atoms with Crippen molar-refractivity contribution in [3.8, 4) is 0 Å². The van der Waals surface area contributed by atoms with Crippen LogP contribution in [-0.4, -0.2) is 28.1 Å². The van der Waals surface area contributed by atoms with Crippen LogP contribution in [0.15, 0.2) is 0 Å². The Kier molecular flexibility index (Phi) is 5.80. The monoisotopic (exact) mass is 217 g/mol. The third-order valence-corrected chi connectivity index (χ3v) is 3.95. The number of rotatable bonds is 4. The van der Waals surface area contributed by atoms with Crippen molar-refractivity contribution in [2.75, 3.05) is 18.8 Å². The summed E-state index contributed by atoms with van der Waals surface area (Å²) in [7, 11) is 0. The van der Waals surface area contributed by atoms with E-state index < -0.39 is 0 Å². The van der Waals surface area contributed by atoms with Crippen molar-refractivity contribution in [2.45, 2.75) is 39.0 Å².